The summed E-state index contributed by atoms with van der Waals surface area (Å²) in [4.78, 5) is 12.2. The molecule has 0 aliphatic carbocycles. The van der Waals surface area contributed by atoms with Gasteiger partial charge in [0.15, 0.2) is 11.5 Å². The lowest BCUT2D eigenvalue weighted by atomic mass is 10.1. The molecular weight excluding hydrogens is 369 g/mol. The van der Waals surface area contributed by atoms with Crippen molar-refractivity contribution >= 4 is 17.4 Å². The van der Waals surface area contributed by atoms with Crippen LogP contribution in [0.4, 0.5) is 24.7 Å². The summed E-state index contributed by atoms with van der Waals surface area (Å²) in [5.41, 5.74) is 1.16. The Morgan fingerprint density at radius 3 is 2.36 bits per heavy atom. The first-order chi connectivity index (χ1) is 13.3. The van der Waals surface area contributed by atoms with Crippen LogP contribution >= 0.6 is 0 Å². The zero-order chi connectivity index (χ0) is 20.1. The fraction of sp³-hybridized carbons (Fsp3) is 0.150. The van der Waals surface area contributed by atoms with Crippen LogP contribution in [0.25, 0.3) is 0 Å². The van der Waals surface area contributed by atoms with Gasteiger partial charge in [0, 0.05) is 6.54 Å². The van der Waals surface area contributed by atoms with Crippen molar-refractivity contribution in [1.29, 1.82) is 0 Å². The van der Waals surface area contributed by atoms with Crippen LogP contribution in [-0.2, 0) is 12.7 Å². The van der Waals surface area contributed by atoms with Crippen molar-refractivity contribution in [2.24, 2.45) is 0 Å². The fourth-order valence-electron chi connectivity index (χ4n) is 2.57. The monoisotopic (exact) mass is 386 g/mol. The fourth-order valence-corrected chi connectivity index (χ4v) is 2.57. The number of hydrogen-bond acceptors (Lipinski definition) is 4. The molecule has 0 radical (unpaired) electrons. The smallest absolute Gasteiger partial charge is 0.347 e. The van der Waals surface area contributed by atoms with Gasteiger partial charge >= 0.3 is 6.18 Å². The number of nitrogens with zero attached hydrogens (tertiary/aromatic N) is 2. The van der Waals surface area contributed by atoms with Gasteiger partial charge in [-0.3, -0.25) is 4.79 Å². The van der Waals surface area contributed by atoms with E-state index in [-0.39, 0.29) is 17.2 Å². The molecule has 0 aliphatic heterocycles. The van der Waals surface area contributed by atoms with E-state index in [1.165, 1.54) is 30.3 Å². The molecule has 144 valence electrons. The van der Waals surface area contributed by atoms with Gasteiger partial charge in [0.25, 0.3) is 5.91 Å². The summed E-state index contributed by atoms with van der Waals surface area (Å²) in [6.07, 6.45) is -4.49. The second-order valence-electron chi connectivity index (χ2n) is 6.08. The number of carbonyl (C=O) groups excluding carboxylic acids is 1. The van der Waals surface area contributed by atoms with E-state index in [0.717, 1.165) is 17.2 Å². The first-order valence-corrected chi connectivity index (χ1v) is 8.44. The number of nitrogens with one attached hydrogen (secondary N) is 2. The normalized spacial score (nSPS) is 11.1. The molecule has 2 N–H and O–H groups in total. The second kappa shape index (κ2) is 8.08. The molecule has 0 bridgehead atoms. The molecular formula is C20H17F3N4O. The minimum Gasteiger partial charge on any atom is -0.347 e. The molecule has 0 saturated heterocycles. The standard InChI is InChI=1S/C20H17F3N4O/c1-13-6-2-3-7-14(13)12-24-19(28)17-10-11-18(27-26-17)25-16-9-5-4-8-15(16)20(21,22)23/h2-11H,12H2,1H3,(H,24,28)(H,25,27). The predicted molar refractivity (Wildman–Crippen MR) is 99.1 cm³/mol. The number of aryl methyl sites for hydroxylation is 1. The third-order valence-electron chi connectivity index (χ3n) is 4.09. The molecule has 0 spiro atoms. The maximum Gasteiger partial charge on any atom is 0.418 e. The van der Waals surface area contributed by atoms with Crippen molar-refractivity contribution in [3.63, 3.8) is 0 Å². The Morgan fingerprint density at radius 2 is 1.68 bits per heavy atom. The molecule has 1 amide bonds. The minimum absolute atomic E-state index is 0.0724. The summed E-state index contributed by atoms with van der Waals surface area (Å²) in [5.74, 6) is -0.315. The van der Waals surface area contributed by atoms with E-state index in [9.17, 15) is 18.0 Å². The molecule has 0 aliphatic rings. The first kappa shape index (κ1) is 19.3. The largest absolute Gasteiger partial charge is 0.418 e. The molecule has 28 heavy (non-hydrogen) atoms. The molecule has 2 aromatic carbocycles. The third-order valence-corrected chi connectivity index (χ3v) is 4.09. The van der Waals surface area contributed by atoms with Crippen molar-refractivity contribution in [3.05, 3.63) is 83.0 Å². The van der Waals surface area contributed by atoms with Crippen LogP contribution in [0.5, 0.6) is 0 Å². The van der Waals surface area contributed by atoms with Crippen molar-refractivity contribution in [1.82, 2.24) is 15.5 Å². The lowest BCUT2D eigenvalue weighted by Gasteiger charge is -2.13. The highest BCUT2D eigenvalue weighted by Crippen LogP contribution is 2.35. The van der Waals surface area contributed by atoms with Gasteiger partial charge in [0.2, 0.25) is 0 Å². The average Bonchev–Trinajstić information content (AvgIpc) is 2.67. The number of hydrogen-bond donors (Lipinski definition) is 2. The average molecular weight is 386 g/mol. The van der Waals surface area contributed by atoms with Gasteiger partial charge in [-0.1, -0.05) is 36.4 Å². The van der Waals surface area contributed by atoms with Crippen LogP contribution in [0.1, 0.15) is 27.2 Å². The third kappa shape index (κ3) is 4.64. The van der Waals surface area contributed by atoms with E-state index < -0.39 is 17.6 Å². The van der Waals surface area contributed by atoms with Crippen LogP contribution in [0.3, 0.4) is 0 Å². The van der Waals surface area contributed by atoms with Crippen LogP contribution in [-0.4, -0.2) is 16.1 Å². The number of amides is 1. The van der Waals surface area contributed by atoms with E-state index in [1.54, 1.807) is 0 Å². The summed E-state index contributed by atoms with van der Waals surface area (Å²) in [6, 6.07) is 15.5. The lowest BCUT2D eigenvalue weighted by molar-refractivity contribution is -0.136. The Morgan fingerprint density at radius 1 is 0.964 bits per heavy atom. The summed E-state index contributed by atoms with van der Waals surface area (Å²) >= 11 is 0. The van der Waals surface area contributed by atoms with Gasteiger partial charge < -0.3 is 10.6 Å². The Bertz CT molecular complexity index is 972. The summed E-state index contributed by atoms with van der Waals surface area (Å²) in [7, 11) is 0. The van der Waals surface area contributed by atoms with Crippen LogP contribution in [0.15, 0.2) is 60.7 Å². The van der Waals surface area contributed by atoms with E-state index in [4.69, 9.17) is 0 Å². The highest BCUT2D eigenvalue weighted by molar-refractivity contribution is 5.92. The molecule has 0 fully saturated rings. The molecule has 0 atom stereocenters. The van der Waals surface area contributed by atoms with Gasteiger partial charge in [-0.2, -0.15) is 13.2 Å². The quantitative estimate of drug-likeness (QED) is 0.679. The van der Waals surface area contributed by atoms with Gasteiger partial charge in [-0.25, -0.2) is 0 Å². The summed E-state index contributed by atoms with van der Waals surface area (Å²) in [5, 5.41) is 12.9. The van der Waals surface area contributed by atoms with Crippen LogP contribution in [0.2, 0.25) is 0 Å². The van der Waals surface area contributed by atoms with Gasteiger partial charge in [-0.15, -0.1) is 10.2 Å². The van der Waals surface area contributed by atoms with Crippen molar-refractivity contribution in [3.8, 4) is 0 Å². The number of alkyl halides is 3. The number of benzene rings is 2. The SMILES string of the molecule is Cc1ccccc1CNC(=O)c1ccc(Nc2ccccc2C(F)(F)F)nn1. The molecule has 0 unspecified atom stereocenters. The summed E-state index contributed by atoms with van der Waals surface area (Å²) in [6.45, 7) is 2.28. The first-order valence-electron chi connectivity index (χ1n) is 8.44. The Kier molecular flexibility index (Phi) is 5.58. The van der Waals surface area contributed by atoms with E-state index in [0.29, 0.717) is 6.54 Å². The number of anilines is 2. The van der Waals surface area contributed by atoms with Gasteiger partial charge in [-0.05, 0) is 42.3 Å². The number of para-hydroxylation sites is 1. The van der Waals surface area contributed by atoms with Crippen LogP contribution in [0, 0.1) is 6.92 Å². The Balaban J connectivity index is 1.67. The lowest BCUT2D eigenvalue weighted by Crippen LogP contribution is -2.24. The Hall–Kier alpha value is -3.42. The van der Waals surface area contributed by atoms with Gasteiger partial charge in [0.05, 0.1) is 11.3 Å². The second-order valence-corrected chi connectivity index (χ2v) is 6.08. The van der Waals surface area contributed by atoms with E-state index >= 15 is 0 Å². The predicted octanol–water partition coefficient (Wildman–Crippen LogP) is 4.48. The highest BCUT2D eigenvalue weighted by Gasteiger charge is 2.33. The molecule has 3 rings (SSSR count). The van der Waals surface area contributed by atoms with Crippen LogP contribution < -0.4 is 10.6 Å². The van der Waals surface area contributed by atoms with Gasteiger partial charge in [0.1, 0.15) is 0 Å². The molecule has 1 aromatic heterocycles. The van der Waals surface area contributed by atoms with E-state index in [1.807, 2.05) is 31.2 Å². The Labute approximate surface area is 159 Å². The number of rotatable bonds is 5. The zero-order valence-electron chi connectivity index (χ0n) is 14.9. The van der Waals surface area contributed by atoms with E-state index in [2.05, 4.69) is 20.8 Å². The maximum absolute atomic E-state index is 13.0. The number of aromatic nitrogens is 2. The number of halogens is 3. The summed E-state index contributed by atoms with van der Waals surface area (Å²) < 4.78 is 39.1. The molecule has 8 heteroatoms. The molecule has 3 aromatic rings. The topological polar surface area (TPSA) is 66.9 Å². The van der Waals surface area contributed by atoms with Crippen molar-refractivity contribution in [2.45, 2.75) is 19.6 Å². The maximum atomic E-state index is 13.0. The number of carbonyl (C=O) groups is 1. The van der Waals surface area contributed by atoms with Crippen molar-refractivity contribution in [2.75, 3.05) is 5.32 Å². The zero-order valence-corrected chi connectivity index (χ0v) is 14.9. The molecule has 0 saturated carbocycles. The molecule has 5 nitrogen and oxygen atoms in total. The highest BCUT2D eigenvalue weighted by atomic mass is 19.4. The minimum atomic E-state index is -4.49. The van der Waals surface area contributed by atoms with Crippen molar-refractivity contribution < 1.29 is 18.0 Å². The molecule has 1 heterocycles.